The second-order valence-corrected chi connectivity index (χ2v) is 6.41. The maximum atomic E-state index is 12.9. The van der Waals surface area contributed by atoms with Crippen LogP contribution in [0.15, 0.2) is 42.6 Å². The van der Waals surface area contributed by atoms with Gasteiger partial charge in [0.15, 0.2) is 0 Å². The first-order valence-electron chi connectivity index (χ1n) is 8.83. The van der Waals surface area contributed by atoms with Gasteiger partial charge in [-0.25, -0.2) is 0 Å². The highest BCUT2D eigenvalue weighted by Gasteiger charge is 2.28. The van der Waals surface area contributed by atoms with Gasteiger partial charge in [-0.05, 0) is 30.9 Å². The van der Waals surface area contributed by atoms with E-state index in [1.807, 2.05) is 42.2 Å². The van der Waals surface area contributed by atoms with E-state index >= 15 is 0 Å². The number of hydrogen-bond acceptors (Lipinski definition) is 3. The number of carbonyl (C=O) groups excluding carboxylic acids is 2. The number of nitrogens with one attached hydrogen (secondary N) is 2. The van der Waals surface area contributed by atoms with Crippen LogP contribution in [0.4, 0.5) is 0 Å². The van der Waals surface area contributed by atoms with Crippen molar-refractivity contribution in [1.29, 1.82) is 0 Å². The van der Waals surface area contributed by atoms with Gasteiger partial charge in [0.25, 0.3) is 5.91 Å². The van der Waals surface area contributed by atoms with Crippen molar-refractivity contribution >= 4 is 11.8 Å². The van der Waals surface area contributed by atoms with Crippen LogP contribution in [0.1, 0.15) is 48.2 Å². The number of aromatic amines is 1. The van der Waals surface area contributed by atoms with Crippen LogP contribution in [-0.4, -0.2) is 46.0 Å². The van der Waals surface area contributed by atoms with Crippen molar-refractivity contribution in [1.82, 2.24) is 20.4 Å². The Morgan fingerprint density at radius 3 is 2.56 bits per heavy atom. The molecular formula is C19H24N4O2. The van der Waals surface area contributed by atoms with Crippen molar-refractivity contribution in [3.63, 3.8) is 0 Å². The van der Waals surface area contributed by atoms with Gasteiger partial charge in [-0.15, -0.1) is 0 Å². The smallest absolute Gasteiger partial charge is 0.269 e. The molecule has 2 N–H and O–H groups in total. The minimum absolute atomic E-state index is 0.0858. The molecule has 2 amide bonds. The van der Waals surface area contributed by atoms with Crippen LogP contribution in [0.3, 0.4) is 0 Å². The fraction of sp³-hybridized carbons (Fsp3) is 0.421. The molecule has 1 aromatic heterocycles. The van der Waals surface area contributed by atoms with Crippen molar-refractivity contribution in [3.05, 3.63) is 53.9 Å². The van der Waals surface area contributed by atoms with E-state index in [0.717, 1.165) is 24.8 Å². The highest BCUT2D eigenvalue weighted by Crippen LogP contribution is 2.24. The Kier molecular flexibility index (Phi) is 5.48. The van der Waals surface area contributed by atoms with Gasteiger partial charge in [0.05, 0.1) is 5.92 Å². The van der Waals surface area contributed by atoms with Gasteiger partial charge < -0.3 is 10.2 Å². The molecule has 1 aliphatic rings. The third-order valence-electron chi connectivity index (χ3n) is 4.80. The summed E-state index contributed by atoms with van der Waals surface area (Å²) in [6, 6.07) is 11.7. The van der Waals surface area contributed by atoms with Crippen LogP contribution >= 0.6 is 0 Å². The second-order valence-electron chi connectivity index (χ2n) is 6.41. The number of nitrogens with zero attached hydrogens (tertiary/aromatic N) is 2. The van der Waals surface area contributed by atoms with Crippen molar-refractivity contribution < 1.29 is 9.59 Å². The van der Waals surface area contributed by atoms with Crippen molar-refractivity contribution in [3.8, 4) is 0 Å². The normalized spacial score (nSPS) is 16.4. The minimum atomic E-state index is -0.141. The summed E-state index contributed by atoms with van der Waals surface area (Å²) in [6.07, 6.45) is 3.90. The van der Waals surface area contributed by atoms with Crippen molar-refractivity contribution in [2.24, 2.45) is 0 Å². The van der Waals surface area contributed by atoms with Gasteiger partial charge in [0, 0.05) is 25.3 Å². The van der Waals surface area contributed by atoms with E-state index in [4.69, 9.17) is 0 Å². The van der Waals surface area contributed by atoms with Crippen LogP contribution in [0, 0.1) is 0 Å². The van der Waals surface area contributed by atoms with Gasteiger partial charge in [0.1, 0.15) is 5.69 Å². The molecule has 1 atom stereocenters. The standard InChI is InChI=1S/C19H24N4O2/c1-2-16(14-6-4-3-5-7-14)19(25)23-12-9-15(10-13-23)21-18(24)17-8-11-20-22-17/h3-8,11,15-16H,2,9-10,12-13H2,1H3,(H,20,22)(H,21,24)/t16-/m0/s1. The molecule has 0 saturated carbocycles. The molecule has 1 aromatic carbocycles. The molecule has 1 saturated heterocycles. The molecule has 6 nitrogen and oxygen atoms in total. The molecule has 2 heterocycles. The zero-order valence-corrected chi connectivity index (χ0v) is 14.4. The summed E-state index contributed by atoms with van der Waals surface area (Å²) < 4.78 is 0. The summed E-state index contributed by atoms with van der Waals surface area (Å²) >= 11 is 0. The van der Waals surface area contributed by atoms with E-state index in [1.54, 1.807) is 12.3 Å². The van der Waals surface area contributed by atoms with Crippen molar-refractivity contribution in [2.45, 2.75) is 38.1 Å². The number of carbonyl (C=O) groups is 2. The van der Waals surface area contributed by atoms with Gasteiger partial charge in [-0.3, -0.25) is 14.7 Å². The number of piperidine rings is 1. The third-order valence-corrected chi connectivity index (χ3v) is 4.80. The average Bonchev–Trinajstić information content (AvgIpc) is 3.19. The Bertz CT molecular complexity index is 691. The Morgan fingerprint density at radius 2 is 1.96 bits per heavy atom. The SMILES string of the molecule is CC[C@H](C(=O)N1CCC(NC(=O)c2ccn[nH]2)CC1)c1ccccc1. The predicted octanol–water partition coefficient (Wildman–Crippen LogP) is 2.32. The maximum absolute atomic E-state index is 12.9. The maximum Gasteiger partial charge on any atom is 0.269 e. The number of amides is 2. The summed E-state index contributed by atoms with van der Waals surface area (Å²) in [5, 5.41) is 9.47. The fourth-order valence-corrected chi connectivity index (χ4v) is 3.35. The lowest BCUT2D eigenvalue weighted by Crippen LogP contribution is -2.47. The first-order chi connectivity index (χ1) is 12.2. The van der Waals surface area contributed by atoms with E-state index in [-0.39, 0.29) is 23.8 Å². The highest BCUT2D eigenvalue weighted by atomic mass is 16.2. The van der Waals surface area contributed by atoms with Crippen LogP contribution < -0.4 is 5.32 Å². The fourth-order valence-electron chi connectivity index (χ4n) is 3.35. The summed E-state index contributed by atoms with van der Waals surface area (Å²) in [5.74, 6) is -0.0395. The Labute approximate surface area is 147 Å². The molecule has 0 aliphatic carbocycles. The van der Waals surface area contributed by atoms with E-state index in [2.05, 4.69) is 15.5 Å². The molecule has 2 aromatic rings. The van der Waals surface area contributed by atoms with Crippen LogP contribution in [0.5, 0.6) is 0 Å². The highest BCUT2D eigenvalue weighted by molar-refractivity contribution is 5.92. The number of hydrogen-bond donors (Lipinski definition) is 2. The first kappa shape index (κ1) is 17.2. The van der Waals surface area contributed by atoms with E-state index in [0.29, 0.717) is 18.8 Å². The van der Waals surface area contributed by atoms with Crippen LogP contribution in [0.2, 0.25) is 0 Å². The molecule has 0 radical (unpaired) electrons. The molecule has 0 bridgehead atoms. The number of benzene rings is 1. The first-order valence-corrected chi connectivity index (χ1v) is 8.83. The van der Waals surface area contributed by atoms with Crippen LogP contribution in [0.25, 0.3) is 0 Å². The number of likely N-dealkylation sites (tertiary alicyclic amines) is 1. The summed E-state index contributed by atoms with van der Waals surface area (Å²) in [6.45, 7) is 3.40. The monoisotopic (exact) mass is 340 g/mol. The minimum Gasteiger partial charge on any atom is -0.348 e. The second kappa shape index (κ2) is 7.96. The largest absolute Gasteiger partial charge is 0.348 e. The molecule has 6 heteroatoms. The van der Waals surface area contributed by atoms with Gasteiger partial charge in [-0.1, -0.05) is 37.3 Å². The molecule has 1 aliphatic heterocycles. The topological polar surface area (TPSA) is 78.1 Å². The average molecular weight is 340 g/mol. The molecule has 0 spiro atoms. The Balaban J connectivity index is 1.54. The molecule has 0 unspecified atom stereocenters. The van der Waals surface area contributed by atoms with Gasteiger partial charge >= 0.3 is 0 Å². The number of rotatable bonds is 5. The predicted molar refractivity (Wildman–Crippen MR) is 95.1 cm³/mol. The number of aromatic nitrogens is 2. The van der Waals surface area contributed by atoms with E-state index in [1.165, 1.54) is 0 Å². The summed E-state index contributed by atoms with van der Waals surface area (Å²) in [5.41, 5.74) is 1.54. The van der Waals surface area contributed by atoms with Crippen LogP contribution in [-0.2, 0) is 4.79 Å². The van der Waals surface area contributed by atoms with Crippen molar-refractivity contribution in [2.75, 3.05) is 13.1 Å². The Morgan fingerprint density at radius 1 is 1.24 bits per heavy atom. The lowest BCUT2D eigenvalue weighted by atomic mass is 9.93. The lowest BCUT2D eigenvalue weighted by molar-refractivity contribution is -0.134. The summed E-state index contributed by atoms with van der Waals surface area (Å²) in [4.78, 5) is 26.9. The van der Waals surface area contributed by atoms with Gasteiger partial charge in [-0.2, -0.15) is 5.10 Å². The summed E-state index contributed by atoms with van der Waals surface area (Å²) in [7, 11) is 0. The zero-order valence-electron chi connectivity index (χ0n) is 14.4. The third kappa shape index (κ3) is 4.07. The molecule has 3 rings (SSSR count). The lowest BCUT2D eigenvalue weighted by Gasteiger charge is -2.34. The molecular weight excluding hydrogens is 316 g/mol. The quantitative estimate of drug-likeness (QED) is 0.877. The van der Waals surface area contributed by atoms with E-state index < -0.39 is 0 Å². The number of H-pyrrole nitrogens is 1. The molecule has 1 fully saturated rings. The molecule has 25 heavy (non-hydrogen) atoms. The molecule has 132 valence electrons. The zero-order chi connectivity index (χ0) is 17.6. The Hall–Kier alpha value is -2.63. The van der Waals surface area contributed by atoms with E-state index in [9.17, 15) is 9.59 Å². The van der Waals surface area contributed by atoms with Gasteiger partial charge in [0.2, 0.25) is 5.91 Å².